The van der Waals surface area contributed by atoms with Gasteiger partial charge in [-0.3, -0.25) is 4.90 Å². The van der Waals surface area contributed by atoms with Crippen molar-refractivity contribution in [2.45, 2.75) is 25.4 Å². The van der Waals surface area contributed by atoms with Gasteiger partial charge in [0.05, 0.1) is 13.7 Å². The predicted molar refractivity (Wildman–Crippen MR) is 84.2 cm³/mol. The van der Waals surface area contributed by atoms with Gasteiger partial charge in [-0.05, 0) is 43.7 Å². The number of ether oxygens (including phenoxy) is 2. The van der Waals surface area contributed by atoms with E-state index in [1.54, 1.807) is 7.11 Å². The minimum absolute atomic E-state index is 0.376. The summed E-state index contributed by atoms with van der Waals surface area (Å²) in [6, 6.07) is 6.59. The molecule has 1 fully saturated rings. The number of benzene rings is 1. The first-order valence-corrected chi connectivity index (χ1v) is 7.38. The Morgan fingerprint density at radius 2 is 2.14 bits per heavy atom. The van der Waals surface area contributed by atoms with Crippen LogP contribution in [0.2, 0.25) is 0 Å². The van der Waals surface area contributed by atoms with Gasteiger partial charge >= 0.3 is 0 Å². The van der Waals surface area contributed by atoms with Crippen molar-refractivity contribution in [2.75, 3.05) is 33.9 Å². The van der Waals surface area contributed by atoms with Crippen LogP contribution in [0, 0.1) is 11.8 Å². The van der Waals surface area contributed by atoms with Gasteiger partial charge in [0, 0.05) is 31.4 Å². The van der Waals surface area contributed by atoms with Gasteiger partial charge in [-0.2, -0.15) is 0 Å². The maximum atomic E-state index is 5.48. The number of nitrogens with zero attached hydrogens (tertiary/aromatic N) is 1. The lowest BCUT2D eigenvalue weighted by Gasteiger charge is -2.31. The highest BCUT2D eigenvalue weighted by atomic mass is 16.5. The Morgan fingerprint density at radius 1 is 1.38 bits per heavy atom. The minimum Gasteiger partial charge on any atom is -0.497 e. The van der Waals surface area contributed by atoms with E-state index in [0.29, 0.717) is 12.6 Å². The van der Waals surface area contributed by atoms with Crippen LogP contribution in [0.1, 0.15) is 24.0 Å². The average molecular weight is 288 g/mol. The summed E-state index contributed by atoms with van der Waals surface area (Å²) in [6.07, 6.45) is 2.18. The van der Waals surface area contributed by atoms with Crippen LogP contribution in [0.4, 0.5) is 0 Å². The van der Waals surface area contributed by atoms with Crippen LogP contribution < -0.4 is 10.5 Å². The van der Waals surface area contributed by atoms with Gasteiger partial charge in [-0.1, -0.05) is 11.8 Å². The van der Waals surface area contributed by atoms with Crippen LogP contribution in [-0.4, -0.2) is 44.9 Å². The fourth-order valence-electron chi connectivity index (χ4n) is 2.62. The lowest BCUT2D eigenvalue weighted by Crippen LogP contribution is -2.36. The molecule has 1 aliphatic heterocycles. The van der Waals surface area contributed by atoms with Gasteiger partial charge in [0.25, 0.3) is 0 Å². The molecule has 4 nitrogen and oxygen atoms in total. The maximum Gasteiger partial charge on any atom is 0.119 e. The fourth-order valence-corrected chi connectivity index (χ4v) is 2.62. The zero-order valence-corrected chi connectivity index (χ0v) is 12.9. The first-order valence-electron chi connectivity index (χ1n) is 7.38. The lowest BCUT2D eigenvalue weighted by atomic mass is 10.0. The summed E-state index contributed by atoms with van der Waals surface area (Å²) in [6.45, 7) is 2.94. The smallest absolute Gasteiger partial charge is 0.119 e. The molecule has 21 heavy (non-hydrogen) atoms. The Morgan fingerprint density at radius 3 is 2.81 bits per heavy atom. The van der Waals surface area contributed by atoms with Crippen molar-refractivity contribution >= 4 is 0 Å². The second-order valence-electron chi connectivity index (χ2n) is 5.29. The predicted octanol–water partition coefficient (Wildman–Crippen LogP) is 1.62. The summed E-state index contributed by atoms with van der Waals surface area (Å²) in [5, 5.41) is 0. The molecular weight excluding hydrogens is 264 g/mol. The van der Waals surface area contributed by atoms with Crippen LogP contribution in [0.25, 0.3) is 0 Å². The Kier molecular flexibility index (Phi) is 6.06. The lowest BCUT2D eigenvalue weighted by molar-refractivity contribution is 0.0406. The SMILES string of the molecule is COc1ccc(C#CCN)c(CN(C)C2CCOCC2)c1. The zero-order valence-electron chi connectivity index (χ0n) is 12.9. The van der Waals surface area contributed by atoms with Crippen LogP contribution in [0.15, 0.2) is 18.2 Å². The maximum absolute atomic E-state index is 5.48. The van der Waals surface area contributed by atoms with E-state index in [1.165, 1.54) is 5.56 Å². The van der Waals surface area contributed by atoms with Crippen LogP contribution >= 0.6 is 0 Å². The molecule has 0 bridgehead atoms. The van der Waals surface area contributed by atoms with Crippen molar-refractivity contribution in [2.24, 2.45) is 5.73 Å². The third-order valence-corrected chi connectivity index (χ3v) is 3.87. The zero-order chi connectivity index (χ0) is 15.1. The van der Waals surface area contributed by atoms with Crippen LogP contribution in [0.3, 0.4) is 0 Å². The summed E-state index contributed by atoms with van der Waals surface area (Å²) < 4.78 is 10.8. The molecule has 1 aromatic rings. The molecule has 0 aromatic heterocycles. The molecule has 0 saturated carbocycles. The molecule has 1 saturated heterocycles. The number of hydrogen-bond donors (Lipinski definition) is 1. The number of hydrogen-bond acceptors (Lipinski definition) is 4. The molecule has 2 rings (SSSR count). The van der Waals surface area contributed by atoms with Crippen molar-refractivity contribution in [3.8, 4) is 17.6 Å². The normalized spacial score (nSPS) is 15.6. The molecule has 1 heterocycles. The van der Waals surface area contributed by atoms with E-state index in [2.05, 4.69) is 29.9 Å². The highest BCUT2D eigenvalue weighted by Gasteiger charge is 2.19. The number of rotatable bonds is 4. The standard InChI is InChI=1S/C17H24N2O2/c1-19(16-7-10-21-11-8-16)13-15-12-17(20-2)6-5-14(15)4-3-9-18/h5-6,12,16H,7-11,13,18H2,1-2H3. The van der Waals surface area contributed by atoms with Gasteiger partial charge in [-0.15, -0.1) is 0 Å². The third-order valence-electron chi connectivity index (χ3n) is 3.87. The Balaban J connectivity index is 2.15. The van der Waals surface area contributed by atoms with Gasteiger partial charge in [0.1, 0.15) is 5.75 Å². The molecule has 2 N–H and O–H groups in total. The van der Waals surface area contributed by atoms with Gasteiger partial charge in [0.2, 0.25) is 0 Å². The second kappa shape index (κ2) is 8.04. The van der Waals surface area contributed by atoms with E-state index >= 15 is 0 Å². The monoisotopic (exact) mass is 288 g/mol. The molecule has 114 valence electrons. The highest BCUT2D eigenvalue weighted by Crippen LogP contribution is 2.21. The number of nitrogens with two attached hydrogens (primary N) is 1. The third kappa shape index (κ3) is 4.47. The van der Waals surface area contributed by atoms with Crippen molar-refractivity contribution in [3.05, 3.63) is 29.3 Å². The van der Waals surface area contributed by atoms with E-state index in [0.717, 1.165) is 43.9 Å². The molecular formula is C17H24N2O2. The van der Waals surface area contributed by atoms with Gasteiger partial charge in [0.15, 0.2) is 0 Å². The highest BCUT2D eigenvalue weighted by molar-refractivity contribution is 5.45. The average Bonchev–Trinajstić information content (AvgIpc) is 2.54. The topological polar surface area (TPSA) is 47.7 Å². The molecule has 0 unspecified atom stereocenters. The molecule has 0 radical (unpaired) electrons. The molecule has 0 atom stereocenters. The Bertz CT molecular complexity index is 513. The van der Waals surface area contributed by atoms with E-state index in [1.807, 2.05) is 12.1 Å². The quantitative estimate of drug-likeness (QED) is 0.855. The number of methoxy groups -OCH3 is 1. The van der Waals surface area contributed by atoms with E-state index in [9.17, 15) is 0 Å². The van der Waals surface area contributed by atoms with Crippen molar-refractivity contribution in [1.29, 1.82) is 0 Å². The summed E-state index contributed by atoms with van der Waals surface area (Å²) in [5.41, 5.74) is 7.69. The second-order valence-corrected chi connectivity index (χ2v) is 5.29. The van der Waals surface area contributed by atoms with Gasteiger partial charge in [-0.25, -0.2) is 0 Å². The van der Waals surface area contributed by atoms with E-state index in [4.69, 9.17) is 15.2 Å². The van der Waals surface area contributed by atoms with Gasteiger partial charge < -0.3 is 15.2 Å². The molecule has 4 heteroatoms. The Labute approximate surface area is 127 Å². The Hall–Kier alpha value is -1.54. The van der Waals surface area contributed by atoms with E-state index in [-0.39, 0.29) is 0 Å². The molecule has 0 amide bonds. The molecule has 0 aliphatic carbocycles. The largest absolute Gasteiger partial charge is 0.497 e. The first kappa shape index (κ1) is 15.8. The molecule has 0 spiro atoms. The van der Waals surface area contributed by atoms with Crippen molar-refractivity contribution in [1.82, 2.24) is 4.90 Å². The minimum atomic E-state index is 0.376. The summed E-state index contributed by atoms with van der Waals surface area (Å²) in [7, 11) is 3.85. The van der Waals surface area contributed by atoms with Crippen LogP contribution in [0.5, 0.6) is 5.75 Å². The summed E-state index contributed by atoms with van der Waals surface area (Å²) in [5.74, 6) is 6.95. The molecule has 1 aliphatic rings. The fraction of sp³-hybridized carbons (Fsp3) is 0.529. The summed E-state index contributed by atoms with van der Waals surface area (Å²) >= 11 is 0. The molecule has 1 aromatic carbocycles. The first-order chi connectivity index (χ1) is 10.2. The van der Waals surface area contributed by atoms with Crippen LogP contribution in [-0.2, 0) is 11.3 Å². The van der Waals surface area contributed by atoms with Crippen molar-refractivity contribution < 1.29 is 9.47 Å². The van der Waals surface area contributed by atoms with Crippen molar-refractivity contribution in [3.63, 3.8) is 0 Å². The summed E-state index contributed by atoms with van der Waals surface area (Å²) in [4.78, 5) is 2.38. The van der Waals surface area contributed by atoms with E-state index < -0.39 is 0 Å².